The zero-order chi connectivity index (χ0) is 16.0. The van der Waals surface area contributed by atoms with E-state index in [1.807, 2.05) is 13.0 Å². The molecule has 118 valence electrons. The first-order chi connectivity index (χ1) is 10.4. The Morgan fingerprint density at radius 3 is 2.82 bits per heavy atom. The fourth-order valence-electron chi connectivity index (χ4n) is 2.49. The molecular formula is C16H20N2O4. The van der Waals surface area contributed by atoms with E-state index >= 15 is 0 Å². The number of rotatable bonds is 4. The van der Waals surface area contributed by atoms with Gasteiger partial charge in [0.05, 0.1) is 12.3 Å². The maximum Gasteiger partial charge on any atom is 0.278 e. The van der Waals surface area contributed by atoms with Gasteiger partial charge in [-0.1, -0.05) is 6.07 Å². The molecule has 6 heteroatoms. The molecule has 1 unspecified atom stereocenters. The minimum Gasteiger partial charge on any atom is -0.466 e. The van der Waals surface area contributed by atoms with Crippen molar-refractivity contribution in [1.29, 1.82) is 0 Å². The Balaban J connectivity index is 1.76. The van der Waals surface area contributed by atoms with Gasteiger partial charge in [-0.25, -0.2) is 0 Å². The third-order valence-corrected chi connectivity index (χ3v) is 4.48. The van der Waals surface area contributed by atoms with Gasteiger partial charge < -0.3 is 20.5 Å². The lowest BCUT2D eigenvalue weighted by molar-refractivity contribution is -0.146. The van der Waals surface area contributed by atoms with E-state index in [9.17, 15) is 14.7 Å². The third-order valence-electron chi connectivity index (χ3n) is 4.48. The number of anilines is 1. The van der Waals surface area contributed by atoms with Gasteiger partial charge in [0.2, 0.25) is 0 Å². The molecule has 3 N–H and O–H groups in total. The molecule has 22 heavy (non-hydrogen) atoms. The summed E-state index contributed by atoms with van der Waals surface area (Å²) in [4.78, 5) is 24.7. The van der Waals surface area contributed by atoms with Crippen LogP contribution in [0.1, 0.15) is 25.3 Å². The van der Waals surface area contributed by atoms with Crippen LogP contribution in [0.4, 0.5) is 5.69 Å². The van der Waals surface area contributed by atoms with Gasteiger partial charge in [0.1, 0.15) is 5.75 Å². The summed E-state index contributed by atoms with van der Waals surface area (Å²) in [6, 6.07) is 5.40. The van der Waals surface area contributed by atoms with E-state index in [4.69, 9.17) is 4.74 Å². The number of carbonyl (C=O) groups is 2. The van der Waals surface area contributed by atoms with Crippen LogP contribution < -0.4 is 15.4 Å². The maximum atomic E-state index is 12.4. The molecule has 1 aliphatic carbocycles. The SMILES string of the molecule is Cc1ccc2c(c1)NC(=O)C(C)(C(=O)NCC1(CO)CC1)O2. The highest BCUT2D eigenvalue weighted by Gasteiger charge is 2.49. The Hall–Kier alpha value is -2.08. The Bertz CT molecular complexity index is 639. The number of hydrogen-bond donors (Lipinski definition) is 3. The van der Waals surface area contributed by atoms with Crippen molar-refractivity contribution >= 4 is 17.5 Å². The number of carbonyl (C=O) groups excluding carboxylic acids is 2. The molecule has 0 radical (unpaired) electrons. The van der Waals surface area contributed by atoms with Crippen molar-refractivity contribution in [1.82, 2.24) is 5.32 Å². The van der Waals surface area contributed by atoms with Crippen LogP contribution in [-0.4, -0.2) is 35.7 Å². The monoisotopic (exact) mass is 304 g/mol. The predicted octanol–water partition coefficient (Wildman–Crippen LogP) is 0.973. The van der Waals surface area contributed by atoms with E-state index in [2.05, 4.69) is 10.6 Å². The van der Waals surface area contributed by atoms with Crippen molar-refractivity contribution in [3.8, 4) is 5.75 Å². The average molecular weight is 304 g/mol. The van der Waals surface area contributed by atoms with Gasteiger partial charge in [0.15, 0.2) is 0 Å². The number of amides is 2. The lowest BCUT2D eigenvalue weighted by atomic mass is 10.0. The first kappa shape index (κ1) is 14.8. The first-order valence-electron chi connectivity index (χ1n) is 7.39. The molecule has 1 atom stereocenters. The van der Waals surface area contributed by atoms with Crippen molar-refractivity contribution in [2.45, 2.75) is 32.3 Å². The Labute approximate surface area is 128 Å². The smallest absolute Gasteiger partial charge is 0.278 e. The molecule has 1 fully saturated rings. The van der Waals surface area contributed by atoms with Crippen LogP contribution in [0, 0.1) is 12.3 Å². The summed E-state index contributed by atoms with van der Waals surface area (Å²) in [5.74, 6) is -0.501. The number of fused-ring (bicyclic) bond motifs is 1. The largest absolute Gasteiger partial charge is 0.466 e. The summed E-state index contributed by atoms with van der Waals surface area (Å²) in [5.41, 5.74) is -0.251. The van der Waals surface area contributed by atoms with Crippen LogP contribution in [0.5, 0.6) is 5.75 Å². The molecule has 1 saturated carbocycles. The molecule has 1 aromatic rings. The minimum absolute atomic E-state index is 0.0408. The molecule has 0 spiro atoms. The van der Waals surface area contributed by atoms with Gasteiger partial charge in [-0.2, -0.15) is 0 Å². The Morgan fingerprint density at radius 2 is 2.18 bits per heavy atom. The summed E-state index contributed by atoms with van der Waals surface area (Å²) < 4.78 is 5.68. The number of aliphatic hydroxyl groups is 1. The van der Waals surface area contributed by atoms with E-state index in [1.165, 1.54) is 6.92 Å². The number of nitrogens with one attached hydrogen (secondary N) is 2. The highest BCUT2D eigenvalue weighted by Crippen LogP contribution is 2.44. The first-order valence-corrected chi connectivity index (χ1v) is 7.39. The fourth-order valence-corrected chi connectivity index (χ4v) is 2.49. The quantitative estimate of drug-likeness (QED) is 0.723. The van der Waals surface area contributed by atoms with E-state index in [1.54, 1.807) is 12.1 Å². The van der Waals surface area contributed by atoms with Gasteiger partial charge in [-0.3, -0.25) is 9.59 Å². The normalized spacial score (nSPS) is 24.8. The van der Waals surface area contributed by atoms with Crippen LogP contribution in [0.25, 0.3) is 0 Å². The Morgan fingerprint density at radius 1 is 1.45 bits per heavy atom. The highest BCUT2D eigenvalue weighted by atomic mass is 16.5. The molecule has 3 rings (SSSR count). The minimum atomic E-state index is -1.60. The number of benzene rings is 1. The second-order valence-electron chi connectivity index (χ2n) is 6.43. The zero-order valence-corrected chi connectivity index (χ0v) is 12.7. The number of hydrogen-bond acceptors (Lipinski definition) is 4. The topological polar surface area (TPSA) is 87.7 Å². The molecule has 0 saturated heterocycles. The zero-order valence-electron chi connectivity index (χ0n) is 12.7. The second kappa shape index (κ2) is 4.98. The summed E-state index contributed by atoms with van der Waals surface area (Å²) >= 11 is 0. The molecule has 1 heterocycles. The van der Waals surface area contributed by atoms with E-state index in [0.29, 0.717) is 18.0 Å². The number of aliphatic hydroxyl groups excluding tert-OH is 1. The molecule has 0 aromatic heterocycles. The molecule has 6 nitrogen and oxygen atoms in total. The maximum absolute atomic E-state index is 12.4. The van der Waals surface area contributed by atoms with Gasteiger partial charge >= 0.3 is 0 Å². The number of aryl methyl sites for hydroxylation is 1. The molecule has 2 amide bonds. The lowest BCUT2D eigenvalue weighted by Gasteiger charge is -2.33. The fraction of sp³-hybridized carbons (Fsp3) is 0.500. The van der Waals surface area contributed by atoms with Gasteiger partial charge in [-0.05, 0) is 44.4 Å². The van der Waals surface area contributed by atoms with Crippen molar-refractivity contribution in [2.75, 3.05) is 18.5 Å². The van der Waals surface area contributed by atoms with Crippen LogP contribution in [0.3, 0.4) is 0 Å². The van der Waals surface area contributed by atoms with Crippen molar-refractivity contribution in [2.24, 2.45) is 5.41 Å². The summed E-state index contributed by atoms with van der Waals surface area (Å²) in [7, 11) is 0. The summed E-state index contributed by atoms with van der Waals surface area (Å²) in [5, 5.41) is 14.7. The van der Waals surface area contributed by atoms with E-state index in [0.717, 1.165) is 18.4 Å². The third kappa shape index (κ3) is 2.43. The van der Waals surface area contributed by atoms with Crippen LogP contribution >= 0.6 is 0 Å². The van der Waals surface area contributed by atoms with Crippen molar-refractivity contribution in [3.63, 3.8) is 0 Å². The Kier molecular flexibility index (Phi) is 3.36. The van der Waals surface area contributed by atoms with Crippen LogP contribution in [-0.2, 0) is 9.59 Å². The second-order valence-corrected chi connectivity index (χ2v) is 6.43. The number of ether oxygens (including phenoxy) is 1. The van der Waals surface area contributed by atoms with Gasteiger partial charge in [0, 0.05) is 12.0 Å². The molecular weight excluding hydrogens is 284 g/mol. The van der Waals surface area contributed by atoms with Crippen molar-refractivity contribution < 1.29 is 19.4 Å². The van der Waals surface area contributed by atoms with Crippen LogP contribution in [0.15, 0.2) is 18.2 Å². The van der Waals surface area contributed by atoms with Crippen molar-refractivity contribution in [3.05, 3.63) is 23.8 Å². The van der Waals surface area contributed by atoms with E-state index in [-0.39, 0.29) is 12.0 Å². The lowest BCUT2D eigenvalue weighted by Crippen LogP contribution is -2.59. The average Bonchev–Trinajstić information content (AvgIpc) is 3.27. The standard InChI is InChI=1S/C16H20N2O4/c1-10-3-4-12-11(7-10)18-14(21)15(2,22-12)13(20)17-8-16(9-19)5-6-16/h3-4,7,19H,5-6,8-9H2,1-2H3,(H,17,20)(H,18,21). The predicted molar refractivity (Wildman–Crippen MR) is 80.6 cm³/mol. The molecule has 1 aromatic carbocycles. The van der Waals surface area contributed by atoms with Gasteiger partial charge in [-0.15, -0.1) is 0 Å². The molecule has 1 aliphatic heterocycles. The van der Waals surface area contributed by atoms with Gasteiger partial charge in [0.25, 0.3) is 17.4 Å². The molecule has 0 bridgehead atoms. The summed E-state index contributed by atoms with van der Waals surface area (Å²) in [6.07, 6.45) is 1.77. The highest BCUT2D eigenvalue weighted by molar-refractivity contribution is 6.15. The summed E-state index contributed by atoms with van der Waals surface area (Å²) in [6.45, 7) is 3.77. The molecule has 2 aliphatic rings. The van der Waals surface area contributed by atoms with E-state index < -0.39 is 17.4 Å². The van der Waals surface area contributed by atoms with Crippen LogP contribution in [0.2, 0.25) is 0 Å².